The van der Waals surface area contributed by atoms with Gasteiger partial charge in [-0.15, -0.1) is 11.3 Å². The number of hydrogen-bond donors (Lipinski definition) is 2. The quantitative estimate of drug-likeness (QED) is 0.616. The summed E-state index contributed by atoms with van der Waals surface area (Å²) in [4.78, 5) is 0.472. The molecule has 4 heteroatoms. The van der Waals surface area contributed by atoms with E-state index in [0.717, 1.165) is 11.3 Å². The number of aliphatic hydroxyl groups is 2. The van der Waals surface area contributed by atoms with Crippen LogP contribution in [0.25, 0.3) is 0 Å². The first-order chi connectivity index (χ1) is 4.20. The second kappa shape index (κ2) is 2.66. The summed E-state index contributed by atoms with van der Waals surface area (Å²) in [7, 11) is 0. The first-order valence-corrected chi connectivity index (χ1v) is 3.51. The van der Waals surface area contributed by atoms with Crippen LogP contribution in [0, 0.1) is 0 Å². The monoisotopic (exact) mass is 164 g/mol. The van der Waals surface area contributed by atoms with Crippen molar-refractivity contribution in [3.05, 3.63) is 21.3 Å². The lowest BCUT2D eigenvalue weighted by Gasteiger charge is -1.94. The summed E-state index contributed by atoms with van der Waals surface area (Å²) < 4.78 is 0.568. The number of thiophene rings is 1. The molecule has 0 spiro atoms. The number of aliphatic hydroxyl groups excluding tert-OH is 1. The van der Waals surface area contributed by atoms with E-state index in [1.54, 1.807) is 12.1 Å². The van der Waals surface area contributed by atoms with E-state index in [2.05, 4.69) is 0 Å². The van der Waals surface area contributed by atoms with Crippen LogP contribution in [0.2, 0.25) is 4.34 Å². The van der Waals surface area contributed by atoms with Gasteiger partial charge < -0.3 is 10.2 Å². The van der Waals surface area contributed by atoms with Crippen molar-refractivity contribution < 1.29 is 10.2 Å². The fourth-order valence-electron chi connectivity index (χ4n) is 0.467. The predicted octanol–water partition coefficient (Wildman–Crippen LogP) is 1.38. The van der Waals surface area contributed by atoms with E-state index in [1.165, 1.54) is 0 Å². The third-order valence-corrected chi connectivity index (χ3v) is 2.12. The Balaban J connectivity index is 2.85. The zero-order valence-electron chi connectivity index (χ0n) is 4.41. The Morgan fingerprint density at radius 1 is 1.44 bits per heavy atom. The van der Waals surface area contributed by atoms with Crippen molar-refractivity contribution >= 4 is 22.9 Å². The summed E-state index contributed by atoms with van der Waals surface area (Å²) in [5.74, 6) is 0. The molecule has 2 N–H and O–H groups in total. The first kappa shape index (κ1) is 7.02. The van der Waals surface area contributed by atoms with Crippen molar-refractivity contribution in [1.29, 1.82) is 0 Å². The van der Waals surface area contributed by atoms with Gasteiger partial charge >= 0.3 is 0 Å². The summed E-state index contributed by atoms with van der Waals surface area (Å²) in [5.41, 5.74) is 0. The van der Waals surface area contributed by atoms with E-state index in [-0.39, 0.29) is 0 Å². The minimum atomic E-state index is -1.39. The molecule has 0 bridgehead atoms. The fourth-order valence-corrected chi connectivity index (χ4v) is 1.40. The normalized spacial score (nSPS) is 10.7. The van der Waals surface area contributed by atoms with Crippen LogP contribution in [0.4, 0.5) is 0 Å². The Kier molecular flexibility index (Phi) is 2.08. The number of rotatable bonds is 1. The first-order valence-electron chi connectivity index (χ1n) is 2.31. The van der Waals surface area contributed by atoms with Gasteiger partial charge in [-0.2, -0.15) is 0 Å². The molecule has 0 aromatic carbocycles. The molecular formula is C5H5ClO2S. The average Bonchev–Trinajstić information content (AvgIpc) is 2.14. The Morgan fingerprint density at radius 3 is 2.33 bits per heavy atom. The SMILES string of the molecule is OC(O)c1ccc(Cl)s1. The van der Waals surface area contributed by atoms with Gasteiger partial charge in [-0.25, -0.2) is 0 Å². The summed E-state index contributed by atoms with van der Waals surface area (Å²) in [5, 5.41) is 17.1. The standard InChI is InChI=1S/C5H5ClO2S/c6-4-2-1-3(9-4)5(7)8/h1-2,5,7-8H. The number of hydrogen-bond acceptors (Lipinski definition) is 3. The molecule has 0 unspecified atom stereocenters. The summed E-state index contributed by atoms with van der Waals surface area (Å²) in [6.45, 7) is 0. The van der Waals surface area contributed by atoms with Crippen LogP contribution >= 0.6 is 22.9 Å². The van der Waals surface area contributed by atoms with Crippen molar-refractivity contribution in [2.24, 2.45) is 0 Å². The zero-order valence-corrected chi connectivity index (χ0v) is 5.99. The maximum atomic E-state index is 8.54. The second-order valence-corrected chi connectivity index (χ2v) is 3.26. The highest BCUT2D eigenvalue weighted by Gasteiger charge is 2.03. The van der Waals surface area contributed by atoms with E-state index in [0.29, 0.717) is 9.21 Å². The fraction of sp³-hybridized carbons (Fsp3) is 0.200. The van der Waals surface area contributed by atoms with Crippen LogP contribution in [0.1, 0.15) is 11.2 Å². The minimum absolute atomic E-state index is 0.472. The average molecular weight is 165 g/mol. The Labute approximate surface area is 61.3 Å². The predicted molar refractivity (Wildman–Crippen MR) is 36.5 cm³/mol. The summed E-state index contributed by atoms with van der Waals surface area (Å²) in [6.07, 6.45) is -1.39. The van der Waals surface area contributed by atoms with Gasteiger partial charge in [0.05, 0.1) is 9.21 Å². The van der Waals surface area contributed by atoms with Gasteiger partial charge in [-0.3, -0.25) is 0 Å². The van der Waals surface area contributed by atoms with Crippen LogP contribution < -0.4 is 0 Å². The van der Waals surface area contributed by atoms with Crippen LogP contribution in [0.5, 0.6) is 0 Å². The highest BCUT2D eigenvalue weighted by Crippen LogP contribution is 2.24. The van der Waals surface area contributed by atoms with E-state index in [1.807, 2.05) is 0 Å². The largest absolute Gasteiger partial charge is 0.364 e. The molecule has 0 amide bonds. The van der Waals surface area contributed by atoms with Crippen LogP contribution in [-0.2, 0) is 0 Å². The Bertz CT molecular complexity index is 197. The second-order valence-electron chi connectivity index (χ2n) is 1.52. The molecule has 50 valence electrons. The van der Waals surface area contributed by atoms with Gasteiger partial charge in [0.1, 0.15) is 0 Å². The highest BCUT2D eigenvalue weighted by atomic mass is 35.5. The molecule has 0 saturated carbocycles. The van der Waals surface area contributed by atoms with Crippen LogP contribution in [-0.4, -0.2) is 10.2 Å². The molecule has 0 saturated heterocycles. The Hall–Kier alpha value is -0.0900. The lowest BCUT2D eigenvalue weighted by Crippen LogP contribution is -1.88. The maximum absolute atomic E-state index is 8.54. The van der Waals surface area contributed by atoms with Crippen LogP contribution in [0.15, 0.2) is 12.1 Å². The molecule has 0 atom stereocenters. The third-order valence-electron chi connectivity index (χ3n) is 0.848. The number of halogens is 1. The van der Waals surface area contributed by atoms with Gasteiger partial charge in [0.2, 0.25) is 0 Å². The van der Waals surface area contributed by atoms with E-state index in [9.17, 15) is 0 Å². The van der Waals surface area contributed by atoms with Crippen molar-refractivity contribution in [3.63, 3.8) is 0 Å². The molecule has 1 aromatic heterocycles. The van der Waals surface area contributed by atoms with Crippen molar-refractivity contribution in [1.82, 2.24) is 0 Å². The van der Waals surface area contributed by atoms with Crippen LogP contribution in [0.3, 0.4) is 0 Å². The van der Waals surface area contributed by atoms with Gasteiger partial charge in [0, 0.05) is 0 Å². The molecule has 1 aromatic rings. The highest BCUT2D eigenvalue weighted by molar-refractivity contribution is 7.16. The lowest BCUT2D eigenvalue weighted by molar-refractivity contribution is -0.0395. The van der Waals surface area contributed by atoms with Crippen molar-refractivity contribution in [2.45, 2.75) is 6.29 Å². The van der Waals surface area contributed by atoms with Gasteiger partial charge in [-0.05, 0) is 12.1 Å². The smallest absolute Gasteiger partial charge is 0.188 e. The zero-order chi connectivity index (χ0) is 6.85. The van der Waals surface area contributed by atoms with E-state index in [4.69, 9.17) is 21.8 Å². The molecule has 0 radical (unpaired) electrons. The van der Waals surface area contributed by atoms with Gasteiger partial charge in [0.25, 0.3) is 0 Å². The Morgan fingerprint density at radius 2 is 2.11 bits per heavy atom. The van der Waals surface area contributed by atoms with Crippen molar-refractivity contribution in [3.8, 4) is 0 Å². The molecule has 0 aliphatic heterocycles. The maximum Gasteiger partial charge on any atom is 0.188 e. The van der Waals surface area contributed by atoms with E-state index >= 15 is 0 Å². The molecule has 0 aliphatic carbocycles. The topological polar surface area (TPSA) is 40.5 Å². The summed E-state index contributed by atoms with van der Waals surface area (Å²) in [6, 6.07) is 3.21. The molecule has 0 fully saturated rings. The third kappa shape index (κ3) is 1.66. The minimum Gasteiger partial charge on any atom is -0.364 e. The molecule has 0 aliphatic rings. The molecule has 1 heterocycles. The van der Waals surface area contributed by atoms with Crippen molar-refractivity contribution in [2.75, 3.05) is 0 Å². The van der Waals surface area contributed by atoms with Gasteiger partial charge in [-0.1, -0.05) is 11.6 Å². The molecular weight excluding hydrogens is 160 g/mol. The van der Waals surface area contributed by atoms with E-state index < -0.39 is 6.29 Å². The van der Waals surface area contributed by atoms with Gasteiger partial charge in [0.15, 0.2) is 6.29 Å². The molecule has 9 heavy (non-hydrogen) atoms. The lowest BCUT2D eigenvalue weighted by atomic mass is 10.5. The summed E-state index contributed by atoms with van der Waals surface area (Å²) >= 11 is 6.66. The molecule has 1 rings (SSSR count). The molecule has 2 nitrogen and oxygen atoms in total.